The molecule has 0 aromatic heterocycles. The van der Waals surface area contributed by atoms with Crippen LogP contribution in [-0.2, 0) is 6.54 Å². The average Bonchev–Trinajstić information content (AvgIpc) is 3.15. The second-order valence-corrected chi connectivity index (χ2v) is 5.57. The standard InChI is InChI=1S/C19H22N4O.HI/c1-24-18-7-3-2-6-17(18)22-19(20)21-14-15-8-10-16(11-9-15)23-12-4-5-13-23;/h2-11H,12-14H2,1H3,(H3,20,21,22);1H. The Hall–Kier alpha value is -2.22. The molecule has 2 aromatic rings. The molecule has 0 amide bonds. The molecule has 0 aliphatic carbocycles. The van der Waals surface area contributed by atoms with Gasteiger partial charge < -0.3 is 20.7 Å². The Labute approximate surface area is 165 Å². The van der Waals surface area contributed by atoms with Gasteiger partial charge in [0.05, 0.1) is 19.3 Å². The highest BCUT2D eigenvalue weighted by Gasteiger charge is 2.07. The summed E-state index contributed by atoms with van der Waals surface area (Å²) in [4.78, 5) is 6.70. The van der Waals surface area contributed by atoms with Gasteiger partial charge in [-0.25, -0.2) is 4.99 Å². The normalized spacial score (nSPS) is 13.5. The van der Waals surface area contributed by atoms with E-state index in [0.29, 0.717) is 12.5 Å². The first-order chi connectivity index (χ1) is 11.8. The van der Waals surface area contributed by atoms with Crippen LogP contribution in [0, 0.1) is 0 Å². The van der Waals surface area contributed by atoms with Crippen LogP contribution in [0.15, 0.2) is 65.7 Å². The second-order valence-electron chi connectivity index (χ2n) is 5.57. The molecule has 0 bridgehead atoms. The number of nitrogens with one attached hydrogen (secondary N) is 1. The van der Waals surface area contributed by atoms with Crippen molar-refractivity contribution in [1.29, 1.82) is 0 Å². The molecule has 2 aromatic carbocycles. The van der Waals surface area contributed by atoms with Crippen molar-refractivity contribution in [2.45, 2.75) is 6.54 Å². The Morgan fingerprint density at radius 3 is 2.48 bits per heavy atom. The van der Waals surface area contributed by atoms with Gasteiger partial charge in [-0.1, -0.05) is 36.4 Å². The molecule has 3 N–H and O–H groups in total. The van der Waals surface area contributed by atoms with Crippen molar-refractivity contribution in [3.63, 3.8) is 0 Å². The zero-order valence-corrected chi connectivity index (χ0v) is 16.5. The summed E-state index contributed by atoms with van der Waals surface area (Å²) < 4.78 is 5.29. The number of guanidine groups is 1. The number of ether oxygens (including phenoxy) is 1. The fraction of sp³-hybridized carbons (Fsp3) is 0.211. The molecule has 0 radical (unpaired) electrons. The predicted octanol–water partition coefficient (Wildman–Crippen LogP) is 3.62. The lowest BCUT2D eigenvalue weighted by Gasteiger charge is -2.17. The molecule has 0 unspecified atom stereocenters. The zero-order valence-electron chi connectivity index (χ0n) is 14.2. The Balaban J connectivity index is 0.00000225. The summed E-state index contributed by atoms with van der Waals surface area (Å²) in [6, 6.07) is 16.0. The number of para-hydroxylation sites is 2. The van der Waals surface area contributed by atoms with Gasteiger partial charge in [-0.05, 0) is 29.8 Å². The first-order valence-electron chi connectivity index (χ1n) is 7.95. The van der Waals surface area contributed by atoms with Crippen LogP contribution in [0.25, 0.3) is 0 Å². The maximum Gasteiger partial charge on any atom is 0.193 e. The van der Waals surface area contributed by atoms with Gasteiger partial charge in [0, 0.05) is 18.8 Å². The molecule has 0 saturated heterocycles. The summed E-state index contributed by atoms with van der Waals surface area (Å²) in [5, 5.41) is 3.07. The molecule has 25 heavy (non-hydrogen) atoms. The van der Waals surface area contributed by atoms with Crippen LogP contribution in [0.3, 0.4) is 0 Å². The molecular formula is C19H23IN4O. The lowest BCUT2D eigenvalue weighted by Crippen LogP contribution is -2.23. The highest BCUT2D eigenvalue weighted by molar-refractivity contribution is 14.0. The number of anilines is 2. The molecule has 6 heteroatoms. The minimum absolute atomic E-state index is 0. The summed E-state index contributed by atoms with van der Waals surface area (Å²) in [7, 11) is 1.63. The van der Waals surface area contributed by atoms with Crippen LogP contribution in [0.1, 0.15) is 5.56 Å². The number of hydrogen-bond acceptors (Lipinski definition) is 3. The topological polar surface area (TPSA) is 62.9 Å². The molecule has 1 aliphatic rings. The van der Waals surface area contributed by atoms with Gasteiger partial charge in [-0.2, -0.15) is 0 Å². The molecule has 0 fully saturated rings. The van der Waals surface area contributed by atoms with Crippen LogP contribution in [0.5, 0.6) is 5.75 Å². The third-order valence-corrected chi connectivity index (χ3v) is 3.92. The number of nitrogens with two attached hydrogens (primary N) is 1. The Morgan fingerprint density at radius 1 is 1.12 bits per heavy atom. The van der Waals surface area contributed by atoms with Crippen molar-refractivity contribution < 1.29 is 4.74 Å². The van der Waals surface area contributed by atoms with E-state index in [1.54, 1.807) is 7.11 Å². The van der Waals surface area contributed by atoms with E-state index in [1.165, 1.54) is 5.69 Å². The van der Waals surface area contributed by atoms with Crippen LogP contribution >= 0.6 is 24.0 Å². The molecule has 5 nitrogen and oxygen atoms in total. The zero-order chi connectivity index (χ0) is 16.8. The van der Waals surface area contributed by atoms with Gasteiger partial charge in [-0.15, -0.1) is 24.0 Å². The number of halogens is 1. The molecule has 132 valence electrons. The Morgan fingerprint density at radius 2 is 1.80 bits per heavy atom. The summed E-state index contributed by atoms with van der Waals surface area (Å²) in [6.07, 6.45) is 4.37. The van der Waals surface area contributed by atoms with E-state index in [0.717, 1.165) is 30.1 Å². The number of nitrogens with zero attached hydrogens (tertiary/aromatic N) is 2. The lowest BCUT2D eigenvalue weighted by molar-refractivity contribution is 0.417. The van der Waals surface area contributed by atoms with E-state index in [2.05, 4.69) is 51.6 Å². The highest BCUT2D eigenvalue weighted by Crippen LogP contribution is 2.22. The molecular weight excluding hydrogens is 427 g/mol. The summed E-state index contributed by atoms with van der Waals surface area (Å²) in [5.74, 6) is 1.10. The van der Waals surface area contributed by atoms with Crippen molar-refractivity contribution in [2.75, 3.05) is 30.4 Å². The predicted molar refractivity (Wildman–Crippen MR) is 115 cm³/mol. The SMILES string of the molecule is COc1ccccc1NC(N)=NCc1ccc(N2CC=CC2)cc1.I. The average molecular weight is 450 g/mol. The van der Waals surface area contributed by atoms with Crippen molar-refractivity contribution in [3.8, 4) is 5.75 Å². The van der Waals surface area contributed by atoms with Crippen LogP contribution < -0.4 is 20.7 Å². The minimum Gasteiger partial charge on any atom is -0.495 e. The van der Waals surface area contributed by atoms with Gasteiger partial charge in [0.15, 0.2) is 5.96 Å². The number of rotatable bonds is 5. The quantitative estimate of drug-likeness (QED) is 0.316. The first kappa shape index (κ1) is 19.1. The highest BCUT2D eigenvalue weighted by atomic mass is 127. The van der Waals surface area contributed by atoms with E-state index < -0.39 is 0 Å². The monoisotopic (exact) mass is 450 g/mol. The van der Waals surface area contributed by atoms with Crippen LogP contribution in [-0.4, -0.2) is 26.2 Å². The minimum atomic E-state index is 0. The fourth-order valence-electron chi connectivity index (χ4n) is 2.60. The first-order valence-corrected chi connectivity index (χ1v) is 7.95. The maximum atomic E-state index is 5.97. The second kappa shape index (κ2) is 9.31. The van der Waals surface area contributed by atoms with E-state index in [4.69, 9.17) is 10.5 Å². The Kier molecular flexibility index (Phi) is 7.12. The lowest BCUT2D eigenvalue weighted by atomic mass is 10.2. The van der Waals surface area contributed by atoms with Crippen molar-refractivity contribution in [1.82, 2.24) is 0 Å². The molecule has 0 saturated carbocycles. The van der Waals surface area contributed by atoms with Gasteiger partial charge >= 0.3 is 0 Å². The van der Waals surface area contributed by atoms with Gasteiger partial charge in [-0.3, -0.25) is 0 Å². The number of benzene rings is 2. The number of methoxy groups -OCH3 is 1. The summed E-state index contributed by atoms with van der Waals surface area (Å²) in [6.45, 7) is 2.49. The largest absolute Gasteiger partial charge is 0.495 e. The molecule has 1 aliphatic heterocycles. The third kappa shape index (κ3) is 5.12. The van der Waals surface area contributed by atoms with Crippen LogP contribution in [0.4, 0.5) is 11.4 Å². The van der Waals surface area contributed by atoms with E-state index in [9.17, 15) is 0 Å². The summed E-state index contributed by atoms with van der Waals surface area (Å²) in [5.41, 5.74) is 9.13. The van der Waals surface area contributed by atoms with E-state index >= 15 is 0 Å². The van der Waals surface area contributed by atoms with Crippen molar-refractivity contribution in [3.05, 3.63) is 66.2 Å². The smallest absolute Gasteiger partial charge is 0.193 e. The van der Waals surface area contributed by atoms with E-state index in [1.807, 2.05) is 24.3 Å². The van der Waals surface area contributed by atoms with Crippen molar-refractivity contribution >= 4 is 41.3 Å². The molecule has 3 rings (SSSR count). The van der Waals surface area contributed by atoms with E-state index in [-0.39, 0.29) is 24.0 Å². The Bertz CT molecular complexity index is 735. The molecule has 0 spiro atoms. The third-order valence-electron chi connectivity index (χ3n) is 3.92. The van der Waals surface area contributed by atoms with Crippen molar-refractivity contribution in [2.24, 2.45) is 10.7 Å². The van der Waals surface area contributed by atoms with Gasteiger partial charge in [0.25, 0.3) is 0 Å². The molecule has 0 atom stereocenters. The number of hydrogen-bond donors (Lipinski definition) is 2. The number of aliphatic imine (C=N–C) groups is 1. The van der Waals surface area contributed by atoms with Crippen LogP contribution in [0.2, 0.25) is 0 Å². The van der Waals surface area contributed by atoms with Gasteiger partial charge in [0.1, 0.15) is 5.75 Å². The summed E-state index contributed by atoms with van der Waals surface area (Å²) >= 11 is 0. The fourth-order valence-corrected chi connectivity index (χ4v) is 2.60. The van der Waals surface area contributed by atoms with Gasteiger partial charge in [0.2, 0.25) is 0 Å². The maximum absolute atomic E-state index is 5.97. The molecule has 1 heterocycles.